The monoisotopic (exact) mass is 422 g/mol. The number of fused-ring (bicyclic) bond motifs is 1. The first-order valence-corrected chi connectivity index (χ1v) is 9.50. The summed E-state index contributed by atoms with van der Waals surface area (Å²) in [6.45, 7) is 0. The number of anilines is 1. The molecule has 0 radical (unpaired) electrons. The van der Waals surface area contributed by atoms with E-state index in [2.05, 4.69) is 10.6 Å². The summed E-state index contributed by atoms with van der Waals surface area (Å²) < 4.78 is 11.3. The second-order valence-corrected chi connectivity index (χ2v) is 6.99. The van der Waals surface area contributed by atoms with Crippen molar-refractivity contribution in [1.29, 1.82) is 0 Å². The molecule has 5 nitrogen and oxygen atoms in total. The molecule has 0 spiro atoms. The van der Waals surface area contributed by atoms with Gasteiger partial charge in [-0.05, 0) is 60.7 Å². The zero-order valence-corrected chi connectivity index (χ0v) is 16.6. The van der Waals surface area contributed by atoms with Crippen molar-refractivity contribution in [3.05, 3.63) is 89.6 Å². The number of furan rings is 1. The first-order chi connectivity index (χ1) is 14.1. The molecule has 4 aromatic rings. The zero-order chi connectivity index (χ0) is 20.2. The van der Waals surface area contributed by atoms with Gasteiger partial charge in [0.25, 0.3) is 5.91 Å². The number of thiocarbonyl (C=S) groups is 1. The fourth-order valence-electron chi connectivity index (χ4n) is 2.70. The van der Waals surface area contributed by atoms with Crippen LogP contribution in [0.3, 0.4) is 0 Å². The summed E-state index contributed by atoms with van der Waals surface area (Å²) in [6.07, 6.45) is 0. The molecule has 1 heterocycles. The standard InChI is InChI=1S/C22H15ClN2O3S/c23-15-8-10-17(11-9-15)27-18-6-3-5-16(13-18)24-22(29)25-21(26)20-12-14-4-1-2-7-19(14)28-20/h1-13H,(H2,24,25,26,29). The lowest BCUT2D eigenvalue weighted by atomic mass is 10.2. The van der Waals surface area contributed by atoms with Crippen LogP contribution in [0, 0.1) is 0 Å². The van der Waals surface area contributed by atoms with E-state index >= 15 is 0 Å². The van der Waals surface area contributed by atoms with Crippen molar-refractivity contribution in [1.82, 2.24) is 5.32 Å². The quantitative estimate of drug-likeness (QED) is 0.394. The minimum absolute atomic E-state index is 0.152. The summed E-state index contributed by atoms with van der Waals surface area (Å²) in [7, 11) is 0. The van der Waals surface area contributed by atoms with E-state index in [0.29, 0.717) is 27.8 Å². The lowest BCUT2D eigenvalue weighted by Gasteiger charge is -2.11. The minimum atomic E-state index is -0.424. The van der Waals surface area contributed by atoms with Crippen LogP contribution in [-0.4, -0.2) is 11.0 Å². The molecular formula is C22H15ClN2O3S. The van der Waals surface area contributed by atoms with Gasteiger partial charge in [-0.15, -0.1) is 0 Å². The van der Waals surface area contributed by atoms with Crippen LogP contribution in [0.1, 0.15) is 10.6 Å². The number of carbonyl (C=O) groups is 1. The van der Waals surface area contributed by atoms with Gasteiger partial charge in [-0.2, -0.15) is 0 Å². The molecule has 2 N–H and O–H groups in total. The van der Waals surface area contributed by atoms with Crippen LogP contribution in [0.25, 0.3) is 11.0 Å². The average Bonchev–Trinajstić information content (AvgIpc) is 3.14. The highest BCUT2D eigenvalue weighted by atomic mass is 35.5. The van der Waals surface area contributed by atoms with E-state index < -0.39 is 5.91 Å². The zero-order valence-electron chi connectivity index (χ0n) is 15.0. The molecule has 144 valence electrons. The van der Waals surface area contributed by atoms with Gasteiger partial charge in [0, 0.05) is 22.2 Å². The first-order valence-electron chi connectivity index (χ1n) is 8.71. The molecule has 0 aliphatic carbocycles. The molecule has 1 amide bonds. The van der Waals surface area contributed by atoms with Gasteiger partial charge in [0.15, 0.2) is 10.9 Å². The van der Waals surface area contributed by atoms with E-state index in [1.165, 1.54) is 0 Å². The largest absolute Gasteiger partial charge is 0.457 e. The number of para-hydroxylation sites is 1. The number of nitrogens with one attached hydrogen (secondary N) is 2. The van der Waals surface area contributed by atoms with Gasteiger partial charge < -0.3 is 14.5 Å². The third kappa shape index (κ3) is 4.74. The average molecular weight is 423 g/mol. The molecule has 0 saturated heterocycles. The topological polar surface area (TPSA) is 63.5 Å². The maximum absolute atomic E-state index is 12.4. The Kier molecular flexibility index (Phi) is 5.46. The number of halogens is 1. The fourth-order valence-corrected chi connectivity index (χ4v) is 3.03. The normalized spacial score (nSPS) is 10.5. The van der Waals surface area contributed by atoms with Crippen LogP contribution in [0.4, 0.5) is 5.69 Å². The second kappa shape index (κ2) is 8.34. The third-order valence-electron chi connectivity index (χ3n) is 4.02. The number of ether oxygens (including phenoxy) is 1. The third-order valence-corrected chi connectivity index (χ3v) is 4.47. The molecule has 0 bridgehead atoms. The number of carbonyl (C=O) groups excluding carboxylic acids is 1. The molecule has 0 aliphatic heterocycles. The van der Waals surface area contributed by atoms with Gasteiger partial charge in [-0.1, -0.05) is 35.9 Å². The van der Waals surface area contributed by atoms with E-state index in [1.807, 2.05) is 36.4 Å². The summed E-state index contributed by atoms with van der Waals surface area (Å²) in [5.41, 5.74) is 1.31. The molecule has 29 heavy (non-hydrogen) atoms. The van der Waals surface area contributed by atoms with Crippen LogP contribution < -0.4 is 15.4 Å². The Morgan fingerprint density at radius 1 is 0.931 bits per heavy atom. The summed E-state index contributed by atoms with van der Waals surface area (Å²) in [6, 6.07) is 23.4. The van der Waals surface area contributed by atoms with Gasteiger partial charge in [0.1, 0.15) is 17.1 Å². The van der Waals surface area contributed by atoms with Crippen molar-refractivity contribution in [2.45, 2.75) is 0 Å². The smallest absolute Gasteiger partial charge is 0.293 e. The van der Waals surface area contributed by atoms with Crippen molar-refractivity contribution in [3.8, 4) is 11.5 Å². The Bertz CT molecular complexity index is 1160. The molecular weight excluding hydrogens is 408 g/mol. The van der Waals surface area contributed by atoms with Crippen LogP contribution in [0.5, 0.6) is 11.5 Å². The molecule has 7 heteroatoms. The molecule has 0 aliphatic rings. The van der Waals surface area contributed by atoms with Crippen molar-refractivity contribution in [3.63, 3.8) is 0 Å². The Hall–Kier alpha value is -3.35. The Labute approximate surface area is 177 Å². The highest BCUT2D eigenvalue weighted by molar-refractivity contribution is 7.80. The second-order valence-electron chi connectivity index (χ2n) is 6.14. The molecule has 1 aromatic heterocycles. The van der Waals surface area contributed by atoms with Gasteiger partial charge in [-0.3, -0.25) is 10.1 Å². The molecule has 0 atom stereocenters. The number of amides is 1. The maximum atomic E-state index is 12.4. The van der Waals surface area contributed by atoms with Crippen molar-refractivity contribution >= 4 is 51.5 Å². The van der Waals surface area contributed by atoms with Crippen molar-refractivity contribution < 1.29 is 13.9 Å². The Morgan fingerprint density at radius 2 is 1.72 bits per heavy atom. The number of hydrogen-bond donors (Lipinski definition) is 2. The predicted octanol–water partition coefficient (Wildman–Crippen LogP) is 6.01. The summed E-state index contributed by atoms with van der Waals surface area (Å²) in [5, 5.41) is 7.22. The number of rotatable bonds is 4. The predicted molar refractivity (Wildman–Crippen MR) is 118 cm³/mol. The van der Waals surface area contributed by atoms with Gasteiger partial charge >= 0.3 is 0 Å². The van der Waals surface area contributed by atoms with Gasteiger partial charge in [-0.25, -0.2) is 0 Å². The number of hydrogen-bond acceptors (Lipinski definition) is 4. The van der Waals surface area contributed by atoms with Crippen LogP contribution in [0.2, 0.25) is 5.02 Å². The molecule has 0 unspecified atom stereocenters. The minimum Gasteiger partial charge on any atom is -0.457 e. The highest BCUT2D eigenvalue weighted by Gasteiger charge is 2.13. The van der Waals surface area contributed by atoms with Crippen molar-refractivity contribution in [2.24, 2.45) is 0 Å². The van der Waals surface area contributed by atoms with Crippen LogP contribution in [0.15, 0.2) is 83.3 Å². The molecule has 0 saturated carbocycles. The lowest BCUT2D eigenvalue weighted by molar-refractivity contribution is 0.0953. The SMILES string of the molecule is O=C(NC(=S)Nc1cccc(Oc2ccc(Cl)cc2)c1)c1cc2ccccc2o1. The molecule has 4 rings (SSSR count). The van der Waals surface area contributed by atoms with E-state index in [0.717, 1.165) is 5.39 Å². The first kappa shape index (κ1) is 19.0. The van der Waals surface area contributed by atoms with Crippen LogP contribution >= 0.6 is 23.8 Å². The van der Waals surface area contributed by atoms with E-state index in [1.54, 1.807) is 42.5 Å². The summed E-state index contributed by atoms with van der Waals surface area (Å²) >= 11 is 11.1. The van der Waals surface area contributed by atoms with Gasteiger partial charge in [0.05, 0.1) is 0 Å². The fraction of sp³-hybridized carbons (Fsp3) is 0. The molecule has 0 fully saturated rings. The highest BCUT2D eigenvalue weighted by Crippen LogP contribution is 2.25. The van der Waals surface area contributed by atoms with E-state index in [9.17, 15) is 4.79 Å². The summed E-state index contributed by atoms with van der Waals surface area (Å²) in [4.78, 5) is 12.4. The Morgan fingerprint density at radius 3 is 2.52 bits per heavy atom. The lowest BCUT2D eigenvalue weighted by Crippen LogP contribution is -2.33. The van der Waals surface area contributed by atoms with Crippen molar-refractivity contribution in [2.75, 3.05) is 5.32 Å². The van der Waals surface area contributed by atoms with Crippen LogP contribution in [-0.2, 0) is 0 Å². The summed E-state index contributed by atoms with van der Waals surface area (Å²) in [5.74, 6) is 1.04. The van der Waals surface area contributed by atoms with Gasteiger partial charge in [0.2, 0.25) is 0 Å². The van der Waals surface area contributed by atoms with E-state index in [-0.39, 0.29) is 10.9 Å². The molecule has 3 aromatic carbocycles. The van der Waals surface area contributed by atoms with E-state index in [4.69, 9.17) is 33.0 Å². The Balaban J connectivity index is 1.40. The maximum Gasteiger partial charge on any atom is 0.293 e. The number of benzene rings is 3.